The van der Waals surface area contributed by atoms with Crippen molar-refractivity contribution in [2.75, 3.05) is 13.2 Å². The molecule has 0 atom stereocenters. The van der Waals surface area contributed by atoms with Gasteiger partial charge >= 0.3 is 7.60 Å². The smallest absolute Gasteiger partial charge is 0.299 e. The Kier molecular flexibility index (Phi) is 6.49. The molecule has 4 nitrogen and oxygen atoms in total. The van der Waals surface area contributed by atoms with Crippen LogP contribution in [0.15, 0.2) is 24.3 Å². The Morgan fingerprint density at radius 1 is 1.12 bits per heavy atom. The molecule has 0 aliphatic carbocycles. The second-order valence-corrected chi connectivity index (χ2v) is 5.72. The molecular weight excluding hydrogens is 227 g/mol. The van der Waals surface area contributed by atoms with Crippen LogP contribution in [-0.4, -0.2) is 18.7 Å². The molecule has 0 bridgehead atoms. The number of carbonyl (C=O) groups excluding carboxylic acids is 1. The van der Waals surface area contributed by atoms with Gasteiger partial charge in [-0.25, -0.2) is 0 Å². The van der Waals surface area contributed by atoms with E-state index < -0.39 is 13.1 Å². The molecule has 0 rings (SSSR count). The van der Waals surface area contributed by atoms with E-state index >= 15 is 0 Å². The average molecular weight is 246 g/mol. The molecule has 92 valence electrons. The highest BCUT2D eigenvalue weighted by Crippen LogP contribution is 2.50. The second-order valence-electron chi connectivity index (χ2n) is 3.71. The molecule has 0 saturated carbocycles. The molecule has 0 N–H and O–H groups in total. The van der Waals surface area contributed by atoms with Crippen molar-refractivity contribution >= 4 is 13.1 Å². The molecule has 0 radical (unpaired) electrons. The number of rotatable bonds is 8. The summed E-state index contributed by atoms with van der Waals surface area (Å²) in [6.07, 6.45) is 0.115. The Hall–Kier alpha value is -0.700. The van der Waals surface area contributed by atoms with E-state index in [1.54, 1.807) is 20.8 Å². The summed E-state index contributed by atoms with van der Waals surface area (Å²) < 4.78 is 22.2. The van der Waals surface area contributed by atoms with Gasteiger partial charge in [0.1, 0.15) is 0 Å². The summed E-state index contributed by atoms with van der Waals surface area (Å²) in [5, 5.41) is 0. The molecule has 0 aromatic rings. The molecule has 0 heterocycles. The fourth-order valence-electron chi connectivity index (χ4n) is 0.765. The summed E-state index contributed by atoms with van der Waals surface area (Å²) in [4.78, 5) is 11.5. The molecule has 0 saturated heterocycles. The lowest BCUT2D eigenvalue weighted by Gasteiger charge is -2.16. The van der Waals surface area contributed by atoms with Crippen LogP contribution < -0.4 is 0 Å². The Bertz CT molecular complexity index is 311. The number of hydrogen-bond donors (Lipinski definition) is 0. The molecular formula is C11H19O4P. The van der Waals surface area contributed by atoms with Gasteiger partial charge in [-0.15, -0.1) is 0 Å². The van der Waals surface area contributed by atoms with Crippen molar-refractivity contribution in [3.05, 3.63) is 24.3 Å². The predicted octanol–water partition coefficient (Wildman–Crippen LogP) is 3.30. The van der Waals surface area contributed by atoms with Gasteiger partial charge in [-0.3, -0.25) is 18.4 Å². The zero-order valence-electron chi connectivity index (χ0n) is 10.1. The molecule has 0 aliphatic heterocycles. The maximum Gasteiger partial charge on any atom is 0.397 e. The van der Waals surface area contributed by atoms with Gasteiger partial charge in [0.25, 0.3) is 0 Å². The van der Waals surface area contributed by atoms with Gasteiger partial charge in [-0.1, -0.05) is 31.2 Å². The predicted molar refractivity (Wildman–Crippen MR) is 64.4 cm³/mol. The van der Waals surface area contributed by atoms with E-state index in [1.165, 1.54) is 0 Å². The van der Waals surface area contributed by atoms with E-state index in [2.05, 4.69) is 13.2 Å². The van der Waals surface area contributed by atoms with Gasteiger partial charge < -0.3 is 0 Å². The first-order valence-electron chi connectivity index (χ1n) is 5.03. The van der Waals surface area contributed by atoms with E-state index in [4.69, 9.17) is 9.05 Å². The van der Waals surface area contributed by atoms with Crippen molar-refractivity contribution in [3.8, 4) is 0 Å². The largest absolute Gasteiger partial charge is 0.397 e. The normalized spacial score (nSPS) is 11.2. The summed E-state index contributed by atoms with van der Waals surface area (Å²) in [5.41, 5.74) is 0.848. The van der Waals surface area contributed by atoms with Gasteiger partial charge in [0, 0.05) is 6.42 Å². The molecule has 0 fully saturated rings. The van der Waals surface area contributed by atoms with E-state index in [1.807, 2.05) is 0 Å². The Labute approximate surface area is 96.9 Å². The fraction of sp³-hybridized carbons (Fsp3) is 0.545. The van der Waals surface area contributed by atoms with Crippen LogP contribution >= 0.6 is 7.60 Å². The summed E-state index contributed by atoms with van der Waals surface area (Å²) >= 11 is 0. The molecule has 16 heavy (non-hydrogen) atoms. The van der Waals surface area contributed by atoms with Gasteiger partial charge in [0.15, 0.2) is 0 Å². The quantitative estimate of drug-likeness (QED) is 0.487. The third-order valence-electron chi connectivity index (χ3n) is 1.57. The lowest BCUT2D eigenvalue weighted by atomic mass is 10.4. The van der Waals surface area contributed by atoms with E-state index in [9.17, 15) is 9.36 Å². The Balaban J connectivity index is 4.61. The summed E-state index contributed by atoms with van der Waals surface area (Å²) in [6, 6.07) is 0. The van der Waals surface area contributed by atoms with Crippen molar-refractivity contribution in [3.63, 3.8) is 0 Å². The Morgan fingerprint density at radius 2 is 1.50 bits per heavy atom. The zero-order valence-corrected chi connectivity index (χ0v) is 11.0. The molecule has 0 aromatic carbocycles. The third-order valence-corrected chi connectivity index (χ3v) is 3.43. The third kappa shape index (κ3) is 5.40. The maximum atomic E-state index is 12.1. The van der Waals surface area contributed by atoms with Crippen LogP contribution in [0.4, 0.5) is 0 Å². The van der Waals surface area contributed by atoms with Gasteiger partial charge in [-0.05, 0) is 13.8 Å². The minimum atomic E-state index is -3.68. The Morgan fingerprint density at radius 3 is 1.75 bits per heavy atom. The van der Waals surface area contributed by atoms with E-state index in [-0.39, 0.29) is 19.6 Å². The topological polar surface area (TPSA) is 52.6 Å². The minimum Gasteiger partial charge on any atom is -0.299 e. The zero-order chi connectivity index (χ0) is 12.8. The maximum absolute atomic E-state index is 12.1. The molecule has 0 aliphatic rings. The highest BCUT2D eigenvalue weighted by Gasteiger charge is 2.33. The van der Waals surface area contributed by atoms with Crippen LogP contribution in [-0.2, 0) is 18.4 Å². The summed E-state index contributed by atoms with van der Waals surface area (Å²) in [5.74, 6) is 0. The standard InChI is InChI=1S/C11H19O4P/c1-6-11(12)16(13,14-7-9(2)3)15-8-10(4)5/h2,4,6-8H2,1,3,5H3. The lowest BCUT2D eigenvalue weighted by molar-refractivity contribution is -0.113. The molecule has 5 heteroatoms. The van der Waals surface area contributed by atoms with Gasteiger partial charge in [0.05, 0.1) is 13.2 Å². The van der Waals surface area contributed by atoms with Crippen molar-refractivity contribution < 1.29 is 18.4 Å². The highest BCUT2D eigenvalue weighted by atomic mass is 31.2. The first kappa shape index (κ1) is 15.3. The fourth-order valence-corrected chi connectivity index (χ4v) is 2.30. The first-order chi connectivity index (χ1) is 7.31. The van der Waals surface area contributed by atoms with Gasteiger partial charge in [0.2, 0.25) is 5.52 Å². The lowest BCUT2D eigenvalue weighted by Crippen LogP contribution is -2.08. The highest BCUT2D eigenvalue weighted by molar-refractivity contribution is 7.71. The van der Waals surface area contributed by atoms with E-state index in [0.29, 0.717) is 11.1 Å². The van der Waals surface area contributed by atoms with Crippen LogP contribution in [0.5, 0.6) is 0 Å². The monoisotopic (exact) mass is 246 g/mol. The van der Waals surface area contributed by atoms with Crippen molar-refractivity contribution in [1.29, 1.82) is 0 Å². The van der Waals surface area contributed by atoms with Crippen LogP contribution in [0.25, 0.3) is 0 Å². The molecule has 0 unspecified atom stereocenters. The van der Waals surface area contributed by atoms with Crippen LogP contribution in [0.2, 0.25) is 0 Å². The van der Waals surface area contributed by atoms with E-state index in [0.717, 1.165) is 0 Å². The molecule has 0 amide bonds. The second kappa shape index (κ2) is 6.79. The van der Waals surface area contributed by atoms with Crippen LogP contribution in [0.3, 0.4) is 0 Å². The SMILES string of the molecule is C=C(C)COP(=O)(OCC(=C)C)C(=O)CC. The van der Waals surface area contributed by atoms with Crippen molar-refractivity contribution in [2.24, 2.45) is 0 Å². The summed E-state index contributed by atoms with van der Waals surface area (Å²) in [6.45, 7) is 12.4. The van der Waals surface area contributed by atoms with Crippen LogP contribution in [0.1, 0.15) is 27.2 Å². The van der Waals surface area contributed by atoms with Crippen LogP contribution in [0, 0.1) is 0 Å². The van der Waals surface area contributed by atoms with Crippen molar-refractivity contribution in [1.82, 2.24) is 0 Å². The van der Waals surface area contributed by atoms with Gasteiger partial charge in [-0.2, -0.15) is 0 Å². The average Bonchev–Trinajstić information content (AvgIpc) is 2.22. The minimum absolute atomic E-state index is 0.0548. The molecule has 0 aromatic heterocycles. The van der Waals surface area contributed by atoms with Crippen molar-refractivity contribution in [2.45, 2.75) is 27.2 Å². The number of carbonyl (C=O) groups is 1. The molecule has 0 spiro atoms. The number of hydrogen-bond acceptors (Lipinski definition) is 4. The first-order valence-corrected chi connectivity index (χ1v) is 6.57. The summed E-state index contributed by atoms with van der Waals surface area (Å²) in [7, 11) is -3.68.